The SMILES string of the molecule is CCn1c2c(c(=O)n3ncc(C(=O)Nc4ccc(CN5CCCCC5)cc4)c13)CNCC2. The van der Waals surface area contributed by atoms with Gasteiger partial charge in [-0.15, -0.1) is 0 Å². The van der Waals surface area contributed by atoms with E-state index in [1.165, 1.54) is 35.5 Å². The average Bonchev–Trinajstić information content (AvgIpc) is 3.27. The second-order valence-corrected chi connectivity index (χ2v) is 8.68. The Morgan fingerprint density at radius 3 is 2.69 bits per heavy atom. The molecule has 1 saturated heterocycles. The van der Waals surface area contributed by atoms with Gasteiger partial charge in [0.1, 0.15) is 5.56 Å². The first kappa shape index (κ1) is 20.9. The summed E-state index contributed by atoms with van der Waals surface area (Å²) in [5, 5.41) is 10.5. The molecule has 0 saturated carbocycles. The second kappa shape index (κ2) is 8.88. The van der Waals surface area contributed by atoms with Crippen molar-refractivity contribution in [3.63, 3.8) is 0 Å². The number of nitrogens with zero attached hydrogens (tertiary/aromatic N) is 4. The summed E-state index contributed by atoms with van der Waals surface area (Å²) in [4.78, 5) is 28.6. The lowest BCUT2D eigenvalue weighted by atomic mass is 10.1. The van der Waals surface area contributed by atoms with Crippen molar-refractivity contribution in [2.75, 3.05) is 25.0 Å². The van der Waals surface area contributed by atoms with E-state index in [1.54, 1.807) is 0 Å². The van der Waals surface area contributed by atoms with Crippen LogP contribution in [0.1, 0.15) is 53.4 Å². The van der Waals surface area contributed by atoms with E-state index in [4.69, 9.17) is 0 Å². The zero-order valence-electron chi connectivity index (χ0n) is 18.6. The predicted octanol–water partition coefficient (Wildman–Crippen LogP) is 2.40. The van der Waals surface area contributed by atoms with Gasteiger partial charge in [0.15, 0.2) is 5.65 Å². The predicted molar refractivity (Wildman–Crippen MR) is 124 cm³/mol. The Hall–Kier alpha value is -2.97. The average molecular weight is 435 g/mol. The number of amides is 1. The summed E-state index contributed by atoms with van der Waals surface area (Å²) >= 11 is 0. The minimum absolute atomic E-state index is 0.145. The van der Waals surface area contributed by atoms with Crippen molar-refractivity contribution in [3.8, 4) is 0 Å². The van der Waals surface area contributed by atoms with Crippen molar-refractivity contribution in [3.05, 3.63) is 63.2 Å². The van der Waals surface area contributed by atoms with E-state index in [2.05, 4.69) is 37.3 Å². The summed E-state index contributed by atoms with van der Waals surface area (Å²) in [5.41, 5.74) is 4.57. The molecule has 0 unspecified atom stereocenters. The topological polar surface area (TPSA) is 83.7 Å². The maximum Gasteiger partial charge on any atom is 0.279 e. The quantitative estimate of drug-likeness (QED) is 0.644. The molecular weight excluding hydrogens is 404 g/mol. The number of carbonyl (C=O) groups is 1. The van der Waals surface area contributed by atoms with Gasteiger partial charge in [-0.2, -0.15) is 9.61 Å². The maximum atomic E-state index is 13.1. The zero-order chi connectivity index (χ0) is 22.1. The van der Waals surface area contributed by atoms with Crippen LogP contribution in [0, 0.1) is 0 Å². The Kier molecular flexibility index (Phi) is 5.80. The maximum absolute atomic E-state index is 13.1. The van der Waals surface area contributed by atoms with Crippen LogP contribution < -0.4 is 16.2 Å². The summed E-state index contributed by atoms with van der Waals surface area (Å²) in [6.07, 6.45) is 6.14. The smallest absolute Gasteiger partial charge is 0.279 e. The van der Waals surface area contributed by atoms with Crippen LogP contribution in [0.3, 0.4) is 0 Å². The number of hydrogen-bond donors (Lipinski definition) is 2. The molecule has 0 spiro atoms. The van der Waals surface area contributed by atoms with E-state index in [0.29, 0.717) is 24.3 Å². The molecule has 3 aromatic rings. The molecule has 32 heavy (non-hydrogen) atoms. The number of hydrogen-bond acceptors (Lipinski definition) is 5. The lowest BCUT2D eigenvalue weighted by Crippen LogP contribution is -2.36. The van der Waals surface area contributed by atoms with Crippen LogP contribution in [0.4, 0.5) is 5.69 Å². The van der Waals surface area contributed by atoms with Gasteiger partial charge in [0.05, 0.1) is 11.8 Å². The van der Waals surface area contributed by atoms with Gasteiger partial charge >= 0.3 is 0 Å². The number of carbonyl (C=O) groups excluding carboxylic acids is 1. The van der Waals surface area contributed by atoms with Crippen LogP contribution in [0.15, 0.2) is 35.3 Å². The molecule has 8 nitrogen and oxygen atoms in total. The molecule has 0 bridgehead atoms. The summed E-state index contributed by atoms with van der Waals surface area (Å²) in [7, 11) is 0. The van der Waals surface area contributed by atoms with Crippen LogP contribution in [0.5, 0.6) is 0 Å². The highest BCUT2D eigenvalue weighted by Crippen LogP contribution is 2.20. The third-order valence-corrected chi connectivity index (χ3v) is 6.59. The summed E-state index contributed by atoms with van der Waals surface area (Å²) in [5.74, 6) is -0.251. The number of aryl methyl sites for hydroxylation is 1. The minimum Gasteiger partial charge on any atom is -0.329 e. The standard InChI is InChI=1S/C24H30N6O2/c1-2-29-21-10-11-25-14-19(21)24(32)30-23(29)20(15-26-30)22(31)27-18-8-6-17(7-9-18)16-28-12-4-3-5-13-28/h6-9,15,25H,2-5,10-14,16H2,1H3,(H,27,31). The van der Waals surface area contributed by atoms with E-state index in [9.17, 15) is 9.59 Å². The second-order valence-electron chi connectivity index (χ2n) is 8.68. The van der Waals surface area contributed by atoms with Gasteiger partial charge in [0, 0.05) is 44.0 Å². The Labute approximate surface area is 187 Å². The van der Waals surface area contributed by atoms with E-state index >= 15 is 0 Å². The molecule has 4 heterocycles. The number of anilines is 1. The molecule has 1 aromatic carbocycles. The normalized spacial score (nSPS) is 16.8. The highest BCUT2D eigenvalue weighted by molar-refractivity contribution is 6.08. The Balaban J connectivity index is 1.39. The molecule has 2 aliphatic rings. The van der Waals surface area contributed by atoms with E-state index in [-0.39, 0.29) is 11.5 Å². The number of nitrogens with one attached hydrogen (secondary N) is 2. The molecule has 5 rings (SSSR count). The fourth-order valence-electron chi connectivity index (χ4n) is 4.94. The van der Waals surface area contributed by atoms with E-state index in [0.717, 1.165) is 49.5 Å². The Bertz CT molecular complexity index is 1190. The Morgan fingerprint density at radius 1 is 1.16 bits per heavy atom. The van der Waals surface area contributed by atoms with Crippen LogP contribution in [0.25, 0.3) is 5.65 Å². The zero-order valence-corrected chi connectivity index (χ0v) is 18.6. The molecule has 1 fully saturated rings. The first-order valence-corrected chi connectivity index (χ1v) is 11.6. The van der Waals surface area contributed by atoms with Gasteiger partial charge in [-0.3, -0.25) is 14.5 Å². The van der Waals surface area contributed by atoms with Crippen LogP contribution in [-0.2, 0) is 26.1 Å². The van der Waals surface area contributed by atoms with Crippen molar-refractivity contribution in [1.29, 1.82) is 0 Å². The number of piperidine rings is 1. The number of benzene rings is 1. The monoisotopic (exact) mass is 434 g/mol. The first-order valence-electron chi connectivity index (χ1n) is 11.6. The fraction of sp³-hybridized carbons (Fsp3) is 0.458. The Morgan fingerprint density at radius 2 is 1.94 bits per heavy atom. The highest BCUT2D eigenvalue weighted by atomic mass is 16.2. The van der Waals surface area contributed by atoms with Crippen molar-refractivity contribution < 1.29 is 4.79 Å². The molecule has 8 heteroatoms. The van der Waals surface area contributed by atoms with Gasteiger partial charge in [-0.05, 0) is 50.6 Å². The summed E-state index contributed by atoms with van der Waals surface area (Å²) in [6, 6.07) is 8.05. The van der Waals surface area contributed by atoms with Gasteiger partial charge in [0.25, 0.3) is 11.5 Å². The molecule has 1 amide bonds. The van der Waals surface area contributed by atoms with Gasteiger partial charge < -0.3 is 15.2 Å². The molecule has 0 atom stereocenters. The molecular formula is C24H30N6O2. The van der Waals surface area contributed by atoms with E-state index < -0.39 is 0 Å². The molecule has 2 aliphatic heterocycles. The number of aromatic nitrogens is 3. The molecule has 168 valence electrons. The molecule has 2 N–H and O–H groups in total. The summed E-state index contributed by atoms with van der Waals surface area (Å²) < 4.78 is 3.42. The largest absolute Gasteiger partial charge is 0.329 e. The third-order valence-electron chi connectivity index (χ3n) is 6.59. The first-order chi connectivity index (χ1) is 15.7. The van der Waals surface area contributed by atoms with Gasteiger partial charge in [-0.1, -0.05) is 18.6 Å². The summed E-state index contributed by atoms with van der Waals surface area (Å²) in [6.45, 7) is 7.33. The third kappa shape index (κ3) is 3.84. The molecule has 0 aliphatic carbocycles. The number of fused-ring (bicyclic) bond motifs is 2. The van der Waals surface area contributed by atoms with Gasteiger partial charge in [0.2, 0.25) is 0 Å². The lowest BCUT2D eigenvalue weighted by Gasteiger charge is -2.26. The number of likely N-dealkylation sites (tertiary alicyclic amines) is 1. The number of rotatable bonds is 5. The fourth-order valence-corrected chi connectivity index (χ4v) is 4.94. The van der Waals surface area contributed by atoms with Crippen molar-refractivity contribution in [1.82, 2.24) is 24.4 Å². The van der Waals surface area contributed by atoms with Gasteiger partial charge in [-0.25, -0.2) is 0 Å². The minimum atomic E-state index is -0.251. The van der Waals surface area contributed by atoms with Crippen molar-refractivity contribution in [2.24, 2.45) is 0 Å². The lowest BCUT2D eigenvalue weighted by molar-refractivity contribution is 0.102. The van der Waals surface area contributed by atoms with Crippen molar-refractivity contribution >= 4 is 17.2 Å². The van der Waals surface area contributed by atoms with Crippen LogP contribution >= 0.6 is 0 Å². The van der Waals surface area contributed by atoms with Crippen LogP contribution in [-0.4, -0.2) is 44.6 Å². The van der Waals surface area contributed by atoms with Crippen molar-refractivity contribution in [2.45, 2.75) is 52.2 Å². The van der Waals surface area contributed by atoms with Crippen LogP contribution in [0.2, 0.25) is 0 Å². The van der Waals surface area contributed by atoms with E-state index in [1.807, 2.05) is 19.1 Å². The highest BCUT2D eigenvalue weighted by Gasteiger charge is 2.24. The molecule has 0 radical (unpaired) electrons. The molecule has 2 aromatic heterocycles.